The standard InChI is InChI=1S/C23H19N5O2S/c1-14-6-2-5-9-18(14)31-23-26-19-17(10-11-25-20(19)24)27(23)12-13-28-21(29)15-7-3-4-8-16(15)22(28)30/h2-11H,12-13H2,1H3,(H2,24,25). The van der Waals surface area contributed by atoms with Crippen LogP contribution in [0, 0.1) is 6.92 Å². The van der Waals surface area contributed by atoms with E-state index in [1.807, 2.05) is 41.8 Å². The van der Waals surface area contributed by atoms with Gasteiger partial charge in [0.05, 0.1) is 16.6 Å². The number of nitrogens with two attached hydrogens (primary N) is 1. The number of hydrogen-bond acceptors (Lipinski definition) is 6. The fourth-order valence-corrected chi connectivity index (χ4v) is 4.77. The predicted octanol–water partition coefficient (Wildman–Crippen LogP) is 3.77. The van der Waals surface area contributed by atoms with E-state index in [-0.39, 0.29) is 18.4 Å². The molecule has 2 aromatic heterocycles. The molecule has 2 aromatic carbocycles. The Morgan fingerprint density at radius 1 is 0.935 bits per heavy atom. The summed E-state index contributed by atoms with van der Waals surface area (Å²) in [5, 5.41) is 0.737. The molecule has 8 heteroatoms. The van der Waals surface area contributed by atoms with Crippen molar-refractivity contribution in [1.82, 2.24) is 19.4 Å². The third-order valence-electron chi connectivity index (χ3n) is 5.38. The molecule has 154 valence electrons. The molecule has 0 saturated carbocycles. The summed E-state index contributed by atoms with van der Waals surface area (Å²) in [5.41, 5.74) is 9.53. The van der Waals surface area contributed by atoms with Gasteiger partial charge in [0, 0.05) is 24.2 Å². The van der Waals surface area contributed by atoms with E-state index in [1.54, 1.807) is 30.5 Å². The summed E-state index contributed by atoms with van der Waals surface area (Å²) in [6.07, 6.45) is 1.64. The van der Waals surface area contributed by atoms with Gasteiger partial charge in [-0.2, -0.15) is 0 Å². The molecule has 0 fully saturated rings. The van der Waals surface area contributed by atoms with Crippen LogP contribution >= 0.6 is 11.8 Å². The van der Waals surface area contributed by atoms with Crippen LogP contribution in [0.15, 0.2) is 70.8 Å². The smallest absolute Gasteiger partial charge is 0.261 e. The van der Waals surface area contributed by atoms with E-state index in [0.29, 0.717) is 29.0 Å². The molecule has 0 spiro atoms. The first-order valence-corrected chi connectivity index (χ1v) is 10.7. The summed E-state index contributed by atoms with van der Waals surface area (Å²) >= 11 is 1.53. The number of carbonyl (C=O) groups excluding carboxylic acids is 2. The molecule has 0 unspecified atom stereocenters. The lowest BCUT2D eigenvalue weighted by atomic mass is 10.1. The lowest BCUT2D eigenvalue weighted by Gasteiger charge is -2.16. The highest BCUT2D eigenvalue weighted by Crippen LogP contribution is 2.33. The van der Waals surface area contributed by atoms with Gasteiger partial charge in [0.25, 0.3) is 11.8 Å². The molecular formula is C23H19N5O2S. The van der Waals surface area contributed by atoms with Crippen molar-refractivity contribution < 1.29 is 9.59 Å². The van der Waals surface area contributed by atoms with Gasteiger partial charge < -0.3 is 10.3 Å². The van der Waals surface area contributed by atoms with Crippen LogP contribution in [0.4, 0.5) is 5.82 Å². The zero-order valence-electron chi connectivity index (χ0n) is 16.8. The van der Waals surface area contributed by atoms with Crippen LogP contribution < -0.4 is 5.73 Å². The number of nitrogens with zero attached hydrogens (tertiary/aromatic N) is 4. The zero-order chi connectivity index (χ0) is 21.5. The molecule has 3 heterocycles. The van der Waals surface area contributed by atoms with Gasteiger partial charge in [0.15, 0.2) is 11.0 Å². The molecule has 0 aliphatic carbocycles. The van der Waals surface area contributed by atoms with Crippen molar-refractivity contribution in [2.24, 2.45) is 0 Å². The number of hydrogen-bond donors (Lipinski definition) is 1. The van der Waals surface area contributed by atoms with Crippen LogP contribution in [0.1, 0.15) is 26.3 Å². The number of benzene rings is 2. The summed E-state index contributed by atoms with van der Waals surface area (Å²) < 4.78 is 1.99. The minimum Gasteiger partial charge on any atom is -0.382 e. The summed E-state index contributed by atoms with van der Waals surface area (Å²) in [6, 6.07) is 16.8. The normalized spacial score (nSPS) is 13.3. The summed E-state index contributed by atoms with van der Waals surface area (Å²) in [6.45, 7) is 2.69. The maximum absolute atomic E-state index is 12.7. The quantitative estimate of drug-likeness (QED) is 0.486. The lowest BCUT2D eigenvalue weighted by molar-refractivity contribution is 0.0648. The van der Waals surface area contributed by atoms with Crippen LogP contribution in [-0.2, 0) is 6.54 Å². The molecule has 4 aromatic rings. The van der Waals surface area contributed by atoms with E-state index < -0.39 is 0 Å². The van der Waals surface area contributed by atoms with Crippen molar-refractivity contribution in [2.75, 3.05) is 12.3 Å². The van der Waals surface area contributed by atoms with Crippen LogP contribution in [0.3, 0.4) is 0 Å². The number of imide groups is 1. The molecule has 0 bridgehead atoms. The number of rotatable bonds is 5. The van der Waals surface area contributed by atoms with Gasteiger partial charge in [-0.25, -0.2) is 9.97 Å². The van der Waals surface area contributed by atoms with Gasteiger partial charge in [0.1, 0.15) is 5.52 Å². The molecule has 0 radical (unpaired) electrons. The van der Waals surface area contributed by atoms with E-state index in [9.17, 15) is 9.59 Å². The zero-order valence-corrected chi connectivity index (χ0v) is 17.6. The summed E-state index contributed by atoms with van der Waals surface area (Å²) in [4.78, 5) is 36.7. The topological polar surface area (TPSA) is 94.1 Å². The first-order chi connectivity index (χ1) is 15.0. The number of nitrogen functional groups attached to an aromatic ring is 1. The van der Waals surface area contributed by atoms with E-state index in [2.05, 4.69) is 4.98 Å². The second-order valence-corrected chi connectivity index (χ2v) is 8.29. The number of aryl methyl sites for hydroxylation is 1. The number of imidazole rings is 1. The van der Waals surface area contributed by atoms with Gasteiger partial charge in [-0.1, -0.05) is 42.1 Å². The SMILES string of the molecule is Cc1ccccc1Sc1nc2c(N)nccc2n1CCN1C(=O)c2ccccc2C1=O. The monoisotopic (exact) mass is 429 g/mol. The average Bonchev–Trinajstić information content (AvgIpc) is 3.24. The first-order valence-electron chi connectivity index (χ1n) is 9.84. The number of fused-ring (bicyclic) bond motifs is 2. The van der Waals surface area contributed by atoms with Crippen molar-refractivity contribution in [1.29, 1.82) is 0 Å². The second kappa shape index (κ2) is 7.55. The highest BCUT2D eigenvalue weighted by Gasteiger charge is 2.35. The molecule has 1 aliphatic rings. The predicted molar refractivity (Wildman–Crippen MR) is 119 cm³/mol. The number of aromatic nitrogens is 3. The molecule has 5 rings (SSSR count). The number of pyridine rings is 1. The van der Waals surface area contributed by atoms with Crippen molar-refractivity contribution in [3.05, 3.63) is 77.5 Å². The molecule has 0 atom stereocenters. The van der Waals surface area contributed by atoms with Crippen LogP contribution in [0.2, 0.25) is 0 Å². The number of anilines is 1. The van der Waals surface area contributed by atoms with E-state index in [4.69, 9.17) is 10.7 Å². The lowest BCUT2D eigenvalue weighted by Crippen LogP contribution is -2.33. The fraction of sp³-hybridized carbons (Fsp3) is 0.130. The largest absolute Gasteiger partial charge is 0.382 e. The molecule has 2 amide bonds. The second-order valence-electron chi connectivity index (χ2n) is 7.29. The maximum atomic E-state index is 12.7. The molecular weight excluding hydrogens is 410 g/mol. The average molecular weight is 430 g/mol. The third-order valence-corrected chi connectivity index (χ3v) is 6.55. The van der Waals surface area contributed by atoms with Crippen LogP contribution in [0.5, 0.6) is 0 Å². The molecule has 2 N–H and O–H groups in total. The third kappa shape index (κ3) is 3.25. The van der Waals surface area contributed by atoms with E-state index in [1.165, 1.54) is 16.7 Å². The van der Waals surface area contributed by atoms with Crippen molar-refractivity contribution in [2.45, 2.75) is 23.5 Å². The Morgan fingerprint density at radius 2 is 1.61 bits per heavy atom. The van der Waals surface area contributed by atoms with Gasteiger partial charge in [-0.15, -0.1) is 0 Å². The van der Waals surface area contributed by atoms with Crippen molar-refractivity contribution in [3.8, 4) is 0 Å². The van der Waals surface area contributed by atoms with Crippen molar-refractivity contribution >= 4 is 40.4 Å². The van der Waals surface area contributed by atoms with Gasteiger partial charge in [-0.05, 0) is 36.8 Å². The first kappa shape index (κ1) is 19.3. The Kier molecular flexibility index (Phi) is 4.71. The number of amides is 2. The Bertz CT molecular complexity index is 1310. The van der Waals surface area contributed by atoms with Crippen LogP contribution in [0.25, 0.3) is 11.0 Å². The van der Waals surface area contributed by atoms with Gasteiger partial charge in [0.2, 0.25) is 0 Å². The van der Waals surface area contributed by atoms with Gasteiger partial charge >= 0.3 is 0 Å². The minimum atomic E-state index is -0.265. The van der Waals surface area contributed by atoms with Crippen molar-refractivity contribution in [3.63, 3.8) is 0 Å². The maximum Gasteiger partial charge on any atom is 0.261 e. The van der Waals surface area contributed by atoms with Crippen LogP contribution in [-0.4, -0.2) is 37.8 Å². The number of carbonyl (C=O) groups is 2. The van der Waals surface area contributed by atoms with E-state index >= 15 is 0 Å². The summed E-state index contributed by atoms with van der Waals surface area (Å²) in [5.74, 6) is -0.178. The van der Waals surface area contributed by atoms with Gasteiger partial charge in [-0.3, -0.25) is 14.5 Å². The Hall–Kier alpha value is -3.65. The minimum absolute atomic E-state index is 0.237. The fourth-order valence-electron chi connectivity index (χ4n) is 3.76. The Labute approximate surface area is 182 Å². The molecule has 7 nitrogen and oxygen atoms in total. The Morgan fingerprint density at radius 3 is 2.32 bits per heavy atom. The highest BCUT2D eigenvalue weighted by atomic mass is 32.2. The Balaban J connectivity index is 1.49. The molecule has 1 aliphatic heterocycles. The highest BCUT2D eigenvalue weighted by molar-refractivity contribution is 7.99. The van der Waals surface area contributed by atoms with E-state index in [0.717, 1.165) is 21.1 Å². The summed E-state index contributed by atoms with van der Waals surface area (Å²) in [7, 11) is 0. The molecule has 0 saturated heterocycles. The molecule has 31 heavy (non-hydrogen) atoms.